The first-order valence-electron chi connectivity index (χ1n) is 6.35. The highest BCUT2D eigenvalue weighted by molar-refractivity contribution is 7.10. The second kappa shape index (κ2) is 7.78. The third-order valence-electron chi connectivity index (χ3n) is 2.71. The van der Waals surface area contributed by atoms with E-state index in [1.165, 1.54) is 0 Å². The highest BCUT2D eigenvalue weighted by Crippen LogP contribution is 2.17. The predicted octanol–water partition coefficient (Wildman–Crippen LogP) is 2.75. The number of carboxylic acid groups (broad SMARTS) is 1. The Kier molecular flexibility index (Phi) is 6.35. The third-order valence-corrected chi connectivity index (χ3v) is 3.77. The summed E-state index contributed by atoms with van der Waals surface area (Å²) in [5.74, 6) is -0.898. The van der Waals surface area contributed by atoms with E-state index >= 15 is 0 Å². The van der Waals surface area contributed by atoms with Gasteiger partial charge in [-0.25, -0.2) is 4.79 Å². The van der Waals surface area contributed by atoms with Gasteiger partial charge in [0.25, 0.3) is 0 Å². The smallest absolute Gasteiger partial charge is 0.315 e. The van der Waals surface area contributed by atoms with Crippen molar-refractivity contribution in [1.29, 1.82) is 0 Å². The van der Waals surface area contributed by atoms with E-state index < -0.39 is 5.97 Å². The number of carbonyl (C=O) groups is 2. The van der Waals surface area contributed by atoms with Crippen LogP contribution in [0.5, 0.6) is 0 Å². The van der Waals surface area contributed by atoms with Crippen molar-refractivity contribution in [2.24, 2.45) is 0 Å². The molecule has 5 nitrogen and oxygen atoms in total. The van der Waals surface area contributed by atoms with Crippen molar-refractivity contribution in [3.63, 3.8) is 0 Å². The SMILES string of the molecule is CCCC(CC(=O)O)NC(=O)NC(C)c1cccs1. The van der Waals surface area contributed by atoms with Gasteiger partial charge in [0.05, 0.1) is 12.5 Å². The highest BCUT2D eigenvalue weighted by atomic mass is 32.1. The van der Waals surface area contributed by atoms with Gasteiger partial charge in [-0.1, -0.05) is 19.4 Å². The van der Waals surface area contributed by atoms with E-state index in [2.05, 4.69) is 10.6 Å². The van der Waals surface area contributed by atoms with Crippen LogP contribution in [0.4, 0.5) is 4.79 Å². The lowest BCUT2D eigenvalue weighted by Crippen LogP contribution is -2.43. The van der Waals surface area contributed by atoms with E-state index in [0.29, 0.717) is 6.42 Å². The monoisotopic (exact) mass is 284 g/mol. The topological polar surface area (TPSA) is 78.4 Å². The Balaban J connectivity index is 2.45. The largest absolute Gasteiger partial charge is 0.481 e. The summed E-state index contributed by atoms with van der Waals surface area (Å²) >= 11 is 1.58. The van der Waals surface area contributed by atoms with Crippen molar-refractivity contribution in [2.45, 2.75) is 45.2 Å². The lowest BCUT2D eigenvalue weighted by Gasteiger charge is -2.19. The van der Waals surface area contributed by atoms with Crippen LogP contribution in [0.15, 0.2) is 17.5 Å². The summed E-state index contributed by atoms with van der Waals surface area (Å²) in [4.78, 5) is 23.6. The lowest BCUT2D eigenvalue weighted by atomic mass is 10.1. The van der Waals surface area contributed by atoms with Gasteiger partial charge < -0.3 is 15.7 Å². The van der Waals surface area contributed by atoms with Crippen molar-refractivity contribution >= 4 is 23.3 Å². The van der Waals surface area contributed by atoms with Crippen LogP contribution in [0, 0.1) is 0 Å². The highest BCUT2D eigenvalue weighted by Gasteiger charge is 2.16. The summed E-state index contributed by atoms with van der Waals surface area (Å²) in [5, 5.41) is 16.3. The first-order valence-corrected chi connectivity index (χ1v) is 7.23. The van der Waals surface area contributed by atoms with E-state index in [-0.39, 0.29) is 24.5 Å². The summed E-state index contributed by atoms with van der Waals surface area (Å²) in [7, 11) is 0. The fraction of sp³-hybridized carbons (Fsp3) is 0.538. The van der Waals surface area contributed by atoms with Crippen molar-refractivity contribution in [3.8, 4) is 0 Å². The van der Waals surface area contributed by atoms with Crippen molar-refractivity contribution in [1.82, 2.24) is 10.6 Å². The molecule has 0 aliphatic rings. The van der Waals surface area contributed by atoms with Crippen LogP contribution in [-0.2, 0) is 4.79 Å². The molecular weight excluding hydrogens is 264 g/mol. The van der Waals surface area contributed by atoms with Gasteiger partial charge >= 0.3 is 12.0 Å². The molecule has 2 amide bonds. The number of urea groups is 1. The normalized spacial score (nSPS) is 13.6. The van der Waals surface area contributed by atoms with Crippen molar-refractivity contribution in [2.75, 3.05) is 0 Å². The molecule has 0 radical (unpaired) electrons. The zero-order valence-corrected chi connectivity index (χ0v) is 12.0. The molecule has 6 heteroatoms. The molecule has 0 aliphatic carbocycles. The fourth-order valence-electron chi connectivity index (χ4n) is 1.82. The second-order valence-corrected chi connectivity index (χ2v) is 5.42. The molecule has 0 spiro atoms. The van der Waals surface area contributed by atoms with Gasteiger partial charge in [-0.05, 0) is 24.8 Å². The van der Waals surface area contributed by atoms with Gasteiger partial charge in [-0.2, -0.15) is 0 Å². The molecule has 3 N–H and O–H groups in total. The predicted molar refractivity (Wildman–Crippen MR) is 75.4 cm³/mol. The van der Waals surface area contributed by atoms with Gasteiger partial charge in [0.15, 0.2) is 0 Å². The van der Waals surface area contributed by atoms with E-state index in [0.717, 1.165) is 11.3 Å². The van der Waals surface area contributed by atoms with Crippen LogP contribution in [0.2, 0.25) is 0 Å². The molecule has 2 atom stereocenters. The molecule has 0 aliphatic heterocycles. The van der Waals surface area contributed by atoms with Crippen LogP contribution < -0.4 is 10.6 Å². The maximum absolute atomic E-state index is 11.8. The Labute approximate surface area is 117 Å². The molecule has 0 saturated carbocycles. The number of carbonyl (C=O) groups excluding carboxylic acids is 1. The van der Waals surface area contributed by atoms with Crippen LogP contribution in [0.1, 0.15) is 44.0 Å². The number of rotatable bonds is 7. The number of hydrogen-bond donors (Lipinski definition) is 3. The molecule has 1 aromatic rings. The van der Waals surface area contributed by atoms with Crippen LogP contribution in [0.3, 0.4) is 0 Å². The van der Waals surface area contributed by atoms with E-state index in [4.69, 9.17) is 5.11 Å². The van der Waals surface area contributed by atoms with E-state index in [1.807, 2.05) is 31.4 Å². The van der Waals surface area contributed by atoms with Gasteiger partial charge in [0.2, 0.25) is 0 Å². The Morgan fingerprint density at radius 1 is 1.42 bits per heavy atom. The molecule has 1 rings (SSSR count). The molecule has 0 saturated heterocycles. The lowest BCUT2D eigenvalue weighted by molar-refractivity contribution is -0.137. The van der Waals surface area contributed by atoms with Crippen LogP contribution >= 0.6 is 11.3 Å². The Morgan fingerprint density at radius 3 is 2.68 bits per heavy atom. The van der Waals surface area contributed by atoms with Gasteiger partial charge in [-0.3, -0.25) is 4.79 Å². The second-order valence-electron chi connectivity index (χ2n) is 4.44. The average Bonchev–Trinajstić information content (AvgIpc) is 2.81. The molecular formula is C13H20N2O3S. The maximum atomic E-state index is 11.8. The minimum atomic E-state index is -0.898. The van der Waals surface area contributed by atoms with Crippen molar-refractivity contribution < 1.29 is 14.7 Å². The summed E-state index contributed by atoms with van der Waals surface area (Å²) in [6.45, 7) is 3.86. The Morgan fingerprint density at radius 2 is 2.16 bits per heavy atom. The third kappa shape index (κ3) is 5.74. The molecule has 0 aromatic carbocycles. The molecule has 2 unspecified atom stereocenters. The number of carboxylic acids is 1. The molecule has 0 bridgehead atoms. The van der Waals surface area contributed by atoms with Gasteiger partial charge in [0.1, 0.15) is 0 Å². The summed E-state index contributed by atoms with van der Waals surface area (Å²) in [5.41, 5.74) is 0. The average molecular weight is 284 g/mol. The zero-order valence-electron chi connectivity index (χ0n) is 11.2. The minimum Gasteiger partial charge on any atom is -0.481 e. The number of thiophene rings is 1. The quantitative estimate of drug-likeness (QED) is 0.720. The Hall–Kier alpha value is -1.56. The van der Waals surface area contributed by atoms with Crippen molar-refractivity contribution in [3.05, 3.63) is 22.4 Å². The molecule has 19 heavy (non-hydrogen) atoms. The summed E-state index contributed by atoms with van der Waals surface area (Å²) in [6.07, 6.45) is 1.44. The molecule has 1 heterocycles. The number of hydrogen-bond acceptors (Lipinski definition) is 3. The van der Waals surface area contributed by atoms with Crippen LogP contribution in [0.25, 0.3) is 0 Å². The molecule has 1 aromatic heterocycles. The Bertz CT molecular complexity index is 406. The van der Waals surface area contributed by atoms with Gasteiger partial charge in [-0.15, -0.1) is 11.3 Å². The standard InChI is InChI=1S/C13H20N2O3S/c1-3-5-10(8-12(16)17)15-13(18)14-9(2)11-6-4-7-19-11/h4,6-7,9-10H,3,5,8H2,1-2H3,(H,16,17)(H2,14,15,18). The minimum absolute atomic E-state index is 0.0470. The first kappa shape index (κ1) is 15.5. The number of aliphatic carboxylic acids is 1. The maximum Gasteiger partial charge on any atom is 0.315 e. The summed E-state index contributed by atoms with van der Waals surface area (Å²) in [6, 6.07) is 3.17. The molecule has 0 fully saturated rings. The number of amides is 2. The van der Waals surface area contributed by atoms with Gasteiger partial charge in [0, 0.05) is 10.9 Å². The fourth-order valence-corrected chi connectivity index (χ4v) is 2.55. The number of nitrogens with one attached hydrogen (secondary N) is 2. The van der Waals surface area contributed by atoms with E-state index in [1.54, 1.807) is 11.3 Å². The first-order chi connectivity index (χ1) is 9.02. The summed E-state index contributed by atoms with van der Waals surface area (Å²) < 4.78 is 0. The van der Waals surface area contributed by atoms with Crippen LogP contribution in [-0.4, -0.2) is 23.1 Å². The molecule has 106 valence electrons. The zero-order chi connectivity index (χ0) is 14.3. The van der Waals surface area contributed by atoms with E-state index in [9.17, 15) is 9.59 Å².